The van der Waals surface area contributed by atoms with Crippen molar-refractivity contribution in [2.45, 2.75) is 45.1 Å². The van der Waals surface area contributed by atoms with Gasteiger partial charge in [0.2, 0.25) is 5.75 Å². The second kappa shape index (κ2) is 9.68. The lowest BCUT2D eigenvalue weighted by Crippen LogP contribution is -2.44. The maximum absolute atomic E-state index is 12.8. The number of H-pyrrole nitrogens is 1. The van der Waals surface area contributed by atoms with Gasteiger partial charge in [-0.1, -0.05) is 19.3 Å². The molecular weight excluding hydrogens is 408 g/mol. The van der Waals surface area contributed by atoms with Crippen LogP contribution in [0.4, 0.5) is 5.69 Å². The Bertz CT molecular complexity index is 992. The summed E-state index contributed by atoms with van der Waals surface area (Å²) < 4.78 is 0. The van der Waals surface area contributed by atoms with Crippen molar-refractivity contribution < 1.29 is 9.90 Å². The number of pyridine rings is 1. The van der Waals surface area contributed by atoms with E-state index in [1.807, 2.05) is 13.0 Å². The van der Waals surface area contributed by atoms with Crippen molar-refractivity contribution in [2.24, 2.45) is 5.92 Å². The number of aromatic amines is 1. The summed E-state index contributed by atoms with van der Waals surface area (Å²) in [7, 11) is 2.11. The summed E-state index contributed by atoms with van der Waals surface area (Å²) in [6.07, 6.45) is 7.46. The summed E-state index contributed by atoms with van der Waals surface area (Å²) in [6.45, 7) is 5.81. The zero-order valence-electron chi connectivity index (χ0n) is 18.8. The van der Waals surface area contributed by atoms with Crippen LogP contribution in [0.3, 0.4) is 0 Å². The average molecular weight is 441 g/mol. The van der Waals surface area contributed by atoms with Gasteiger partial charge in [0.1, 0.15) is 5.69 Å². The normalized spacial score (nSPS) is 19.0. The third kappa shape index (κ3) is 4.93. The van der Waals surface area contributed by atoms with E-state index in [-0.39, 0.29) is 17.6 Å². The summed E-state index contributed by atoms with van der Waals surface area (Å²) >= 11 is 0. The van der Waals surface area contributed by atoms with E-state index in [0.29, 0.717) is 11.6 Å². The minimum Gasteiger partial charge on any atom is -0.501 e. The fraction of sp³-hybridized carbons (Fsp3) is 0.565. The summed E-state index contributed by atoms with van der Waals surface area (Å²) in [5.74, 6) is -0.647. The molecule has 0 bridgehead atoms. The predicted octanol–water partition coefficient (Wildman–Crippen LogP) is 1.99. The van der Waals surface area contributed by atoms with E-state index in [1.165, 1.54) is 19.3 Å². The molecule has 4 rings (SSSR count). The van der Waals surface area contributed by atoms with E-state index in [1.54, 1.807) is 12.3 Å². The monoisotopic (exact) mass is 440 g/mol. The Labute approximate surface area is 187 Å². The van der Waals surface area contributed by atoms with Crippen molar-refractivity contribution in [1.82, 2.24) is 25.2 Å². The molecule has 1 saturated carbocycles. The van der Waals surface area contributed by atoms with Crippen LogP contribution in [-0.4, -0.2) is 70.1 Å². The van der Waals surface area contributed by atoms with Crippen LogP contribution in [0.25, 0.3) is 11.5 Å². The van der Waals surface area contributed by atoms with Crippen LogP contribution in [0.15, 0.2) is 23.1 Å². The summed E-state index contributed by atoms with van der Waals surface area (Å²) in [6, 6.07) is 3.66. The molecule has 2 aliphatic rings. The number of anilines is 1. The number of carbonyl (C=O) groups excluding carboxylic acids is 1. The highest BCUT2D eigenvalue weighted by Crippen LogP contribution is 2.27. The number of rotatable bonds is 5. The molecule has 9 heteroatoms. The Morgan fingerprint density at radius 2 is 1.91 bits per heavy atom. The zero-order chi connectivity index (χ0) is 22.7. The molecule has 0 radical (unpaired) electrons. The number of carbonyl (C=O) groups is 1. The van der Waals surface area contributed by atoms with Crippen LogP contribution in [0.2, 0.25) is 0 Å². The zero-order valence-corrected chi connectivity index (χ0v) is 18.8. The quantitative estimate of drug-likeness (QED) is 0.651. The molecule has 3 N–H and O–H groups in total. The first-order valence-electron chi connectivity index (χ1n) is 11.5. The Kier molecular flexibility index (Phi) is 6.74. The van der Waals surface area contributed by atoms with Crippen molar-refractivity contribution in [3.05, 3.63) is 34.4 Å². The fourth-order valence-corrected chi connectivity index (χ4v) is 4.55. The molecule has 32 heavy (non-hydrogen) atoms. The van der Waals surface area contributed by atoms with Gasteiger partial charge in [-0.15, -0.1) is 0 Å². The van der Waals surface area contributed by atoms with Crippen LogP contribution in [0, 0.1) is 5.92 Å². The number of likely N-dealkylation sites (N-methyl/N-ethyl adjacent to an activating group) is 1. The summed E-state index contributed by atoms with van der Waals surface area (Å²) in [5, 5.41) is 13.1. The van der Waals surface area contributed by atoms with Gasteiger partial charge in [0, 0.05) is 32.2 Å². The van der Waals surface area contributed by atoms with Crippen molar-refractivity contribution in [2.75, 3.05) is 38.1 Å². The van der Waals surface area contributed by atoms with Crippen molar-refractivity contribution in [3.63, 3.8) is 0 Å². The van der Waals surface area contributed by atoms with Crippen LogP contribution < -0.4 is 15.8 Å². The van der Waals surface area contributed by atoms with E-state index in [2.05, 4.69) is 37.1 Å². The maximum atomic E-state index is 12.8. The van der Waals surface area contributed by atoms with E-state index in [4.69, 9.17) is 0 Å². The highest BCUT2D eigenvalue weighted by atomic mass is 16.3. The van der Waals surface area contributed by atoms with Gasteiger partial charge >= 0.3 is 0 Å². The minimum absolute atomic E-state index is 0.0484. The highest BCUT2D eigenvalue weighted by molar-refractivity contribution is 5.95. The van der Waals surface area contributed by atoms with Gasteiger partial charge in [-0.25, -0.2) is 4.98 Å². The molecule has 1 aliphatic heterocycles. The van der Waals surface area contributed by atoms with Gasteiger partial charge in [-0.3, -0.25) is 14.6 Å². The van der Waals surface area contributed by atoms with E-state index in [9.17, 15) is 14.7 Å². The fourth-order valence-electron chi connectivity index (χ4n) is 4.55. The molecule has 2 aromatic heterocycles. The number of aromatic nitrogens is 3. The lowest BCUT2D eigenvalue weighted by atomic mass is 9.84. The molecule has 0 aromatic carbocycles. The number of hydrogen-bond donors (Lipinski definition) is 3. The molecule has 1 amide bonds. The largest absolute Gasteiger partial charge is 0.501 e. The van der Waals surface area contributed by atoms with E-state index >= 15 is 0 Å². The van der Waals surface area contributed by atoms with Crippen LogP contribution in [0.1, 0.15) is 49.5 Å². The first kappa shape index (κ1) is 22.3. The number of aromatic hydroxyl groups is 1. The Hall–Kier alpha value is -2.94. The van der Waals surface area contributed by atoms with Crippen LogP contribution in [-0.2, 0) is 0 Å². The van der Waals surface area contributed by atoms with E-state index in [0.717, 1.165) is 44.7 Å². The maximum Gasteiger partial charge on any atom is 0.294 e. The molecule has 1 aliphatic carbocycles. The molecule has 1 unspecified atom stereocenters. The van der Waals surface area contributed by atoms with Crippen molar-refractivity contribution >= 4 is 11.6 Å². The molecule has 9 nitrogen and oxygen atoms in total. The molecule has 0 spiro atoms. The Morgan fingerprint density at radius 1 is 1.19 bits per heavy atom. The first-order chi connectivity index (χ1) is 15.4. The number of amides is 1. The van der Waals surface area contributed by atoms with E-state index < -0.39 is 17.2 Å². The molecule has 1 atom stereocenters. The summed E-state index contributed by atoms with van der Waals surface area (Å²) in [4.78, 5) is 40.9. The molecule has 172 valence electrons. The molecule has 1 saturated heterocycles. The molecular formula is C23H32N6O3. The van der Waals surface area contributed by atoms with Crippen molar-refractivity contribution in [1.29, 1.82) is 0 Å². The molecule has 3 heterocycles. The highest BCUT2D eigenvalue weighted by Gasteiger charge is 2.25. The van der Waals surface area contributed by atoms with Crippen LogP contribution in [0.5, 0.6) is 5.75 Å². The van der Waals surface area contributed by atoms with Gasteiger partial charge in [0.05, 0.1) is 11.9 Å². The van der Waals surface area contributed by atoms with Gasteiger partial charge < -0.3 is 25.2 Å². The lowest BCUT2D eigenvalue weighted by molar-refractivity contribution is 0.0911. The van der Waals surface area contributed by atoms with Crippen LogP contribution >= 0.6 is 0 Å². The van der Waals surface area contributed by atoms with Gasteiger partial charge in [-0.2, -0.15) is 0 Å². The second-order valence-electron chi connectivity index (χ2n) is 8.96. The van der Waals surface area contributed by atoms with Gasteiger partial charge in [-0.05, 0) is 44.9 Å². The smallest absolute Gasteiger partial charge is 0.294 e. The second-order valence-corrected chi connectivity index (χ2v) is 8.96. The first-order valence-corrected chi connectivity index (χ1v) is 11.5. The lowest BCUT2D eigenvalue weighted by Gasteiger charge is -2.33. The third-order valence-corrected chi connectivity index (χ3v) is 6.68. The Balaban J connectivity index is 1.51. The topological polar surface area (TPSA) is 114 Å². The average Bonchev–Trinajstić information content (AvgIpc) is 2.82. The Morgan fingerprint density at radius 3 is 2.56 bits per heavy atom. The standard InChI is InChI=1S/C23H32N6O3/c1-15(16-6-4-3-5-7-16)25-22(31)19-20(30)23(32)27-21(26-19)18-9-8-17(14-24-18)29-12-10-28(2)11-13-29/h8-9,14-16,30H,3-7,10-13H2,1-2H3,(H,25,31)(H,26,27,32). The van der Waals surface area contributed by atoms with Crippen molar-refractivity contribution in [3.8, 4) is 17.3 Å². The SMILES string of the molecule is CC(NC(=O)c1nc(-c2ccc(N3CCN(C)CC3)cn2)[nH]c(=O)c1O)C1CCCCC1. The van der Waals surface area contributed by atoms with Gasteiger partial charge in [0.15, 0.2) is 11.5 Å². The molecule has 2 fully saturated rings. The third-order valence-electron chi connectivity index (χ3n) is 6.68. The van der Waals surface area contributed by atoms with Gasteiger partial charge in [0.25, 0.3) is 11.5 Å². The molecule has 2 aromatic rings. The number of piperazine rings is 1. The number of hydrogen-bond acceptors (Lipinski definition) is 7. The predicted molar refractivity (Wildman–Crippen MR) is 123 cm³/mol. The summed E-state index contributed by atoms with van der Waals surface area (Å²) in [5.41, 5.74) is 0.420. The number of nitrogens with one attached hydrogen (secondary N) is 2. The minimum atomic E-state index is -0.754. The number of nitrogens with zero attached hydrogens (tertiary/aromatic N) is 4.